The molecule has 34 heavy (non-hydrogen) atoms. The van der Waals surface area contributed by atoms with E-state index in [4.69, 9.17) is 4.74 Å². The lowest BCUT2D eigenvalue weighted by Gasteiger charge is -2.17. The highest BCUT2D eigenvalue weighted by atomic mass is 79.9. The molecule has 1 aromatic heterocycles. The molecule has 0 saturated heterocycles. The molecule has 0 aliphatic heterocycles. The Kier molecular flexibility index (Phi) is 6.47. The molecule has 4 aromatic rings. The lowest BCUT2D eigenvalue weighted by Crippen LogP contribution is -2.07. The van der Waals surface area contributed by atoms with Crippen molar-refractivity contribution in [3.63, 3.8) is 0 Å². The van der Waals surface area contributed by atoms with Crippen molar-refractivity contribution in [2.75, 3.05) is 0 Å². The standard InChI is InChI=1S/C25H16BrF4NO3/c1-13-2-6-22(31(13)23-8-14(25(32)33)3-5-19(23)28)17-9-15(26)4-7-24(17)34-12-18-20(29)10-16(27)11-21(18)30/h2-11H,12H2,1H3,(H,32,33). The van der Waals surface area contributed by atoms with E-state index in [1.807, 2.05) is 0 Å². The number of carboxylic acids is 1. The number of benzene rings is 3. The third kappa shape index (κ3) is 4.56. The van der Waals surface area contributed by atoms with Gasteiger partial charge >= 0.3 is 5.97 Å². The molecule has 1 N–H and O–H groups in total. The Balaban J connectivity index is 1.80. The van der Waals surface area contributed by atoms with E-state index in [-0.39, 0.29) is 17.0 Å². The molecule has 0 amide bonds. The average molecular weight is 534 g/mol. The summed E-state index contributed by atoms with van der Waals surface area (Å²) >= 11 is 3.38. The Morgan fingerprint density at radius 1 is 0.941 bits per heavy atom. The predicted molar refractivity (Wildman–Crippen MR) is 121 cm³/mol. The first-order valence-electron chi connectivity index (χ1n) is 9.93. The minimum atomic E-state index is -1.21. The first kappa shape index (κ1) is 23.6. The van der Waals surface area contributed by atoms with Crippen LogP contribution in [0, 0.1) is 30.2 Å². The number of aromatic nitrogens is 1. The summed E-state index contributed by atoms with van der Waals surface area (Å²) in [6, 6.07) is 12.9. The van der Waals surface area contributed by atoms with Crippen molar-refractivity contribution in [1.82, 2.24) is 4.57 Å². The molecule has 4 nitrogen and oxygen atoms in total. The summed E-state index contributed by atoms with van der Waals surface area (Å²) in [6.07, 6.45) is 0. The van der Waals surface area contributed by atoms with Gasteiger partial charge in [0.05, 0.1) is 22.5 Å². The quantitative estimate of drug-likeness (QED) is 0.270. The average Bonchev–Trinajstić information content (AvgIpc) is 3.15. The zero-order valence-corrected chi connectivity index (χ0v) is 19.2. The normalized spacial score (nSPS) is 11.0. The van der Waals surface area contributed by atoms with E-state index < -0.39 is 41.4 Å². The van der Waals surface area contributed by atoms with Gasteiger partial charge in [-0.25, -0.2) is 22.4 Å². The van der Waals surface area contributed by atoms with Gasteiger partial charge in [0.2, 0.25) is 0 Å². The molecule has 0 atom stereocenters. The first-order valence-corrected chi connectivity index (χ1v) is 10.7. The summed E-state index contributed by atoms with van der Waals surface area (Å²) in [7, 11) is 0. The van der Waals surface area contributed by atoms with Crippen LogP contribution in [0.2, 0.25) is 0 Å². The maximum atomic E-state index is 14.8. The van der Waals surface area contributed by atoms with Crippen LogP contribution in [-0.4, -0.2) is 15.6 Å². The third-order valence-corrected chi connectivity index (χ3v) is 5.70. The van der Waals surface area contributed by atoms with Crippen molar-refractivity contribution >= 4 is 21.9 Å². The highest BCUT2D eigenvalue weighted by Crippen LogP contribution is 2.37. The lowest BCUT2D eigenvalue weighted by atomic mass is 10.1. The SMILES string of the molecule is Cc1ccc(-c2cc(Br)ccc2OCc2c(F)cc(F)cc2F)n1-c1cc(C(=O)O)ccc1F. The highest BCUT2D eigenvalue weighted by Gasteiger charge is 2.19. The van der Waals surface area contributed by atoms with Crippen LogP contribution < -0.4 is 4.74 Å². The van der Waals surface area contributed by atoms with Gasteiger partial charge in [-0.2, -0.15) is 0 Å². The van der Waals surface area contributed by atoms with E-state index >= 15 is 0 Å². The van der Waals surface area contributed by atoms with Crippen LogP contribution in [0.25, 0.3) is 16.9 Å². The Bertz CT molecular complexity index is 1390. The maximum absolute atomic E-state index is 14.8. The van der Waals surface area contributed by atoms with Crippen molar-refractivity contribution in [3.05, 3.63) is 105 Å². The van der Waals surface area contributed by atoms with Gasteiger partial charge < -0.3 is 14.4 Å². The van der Waals surface area contributed by atoms with E-state index in [1.165, 1.54) is 16.7 Å². The number of aryl methyl sites for hydroxylation is 1. The van der Waals surface area contributed by atoms with E-state index in [9.17, 15) is 27.5 Å². The fourth-order valence-electron chi connectivity index (χ4n) is 3.57. The molecule has 0 bridgehead atoms. The minimum absolute atomic E-state index is 0.0129. The van der Waals surface area contributed by atoms with Crippen molar-refractivity contribution in [3.8, 4) is 22.7 Å². The van der Waals surface area contributed by atoms with Gasteiger partial charge in [-0.15, -0.1) is 0 Å². The summed E-state index contributed by atoms with van der Waals surface area (Å²) in [5.74, 6) is -4.82. The van der Waals surface area contributed by atoms with Gasteiger partial charge in [-0.3, -0.25) is 0 Å². The molecule has 174 valence electrons. The van der Waals surface area contributed by atoms with Crippen LogP contribution in [0.4, 0.5) is 17.6 Å². The van der Waals surface area contributed by atoms with Crippen molar-refractivity contribution in [1.29, 1.82) is 0 Å². The highest BCUT2D eigenvalue weighted by molar-refractivity contribution is 9.10. The van der Waals surface area contributed by atoms with E-state index in [0.29, 0.717) is 33.6 Å². The number of hydrogen-bond donors (Lipinski definition) is 1. The fourth-order valence-corrected chi connectivity index (χ4v) is 3.93. The zero-order chi connectivity index (χ0) is 24.6. The van der Waals surface area contributed by atoms with E-state index in [2.05, 4.69) is 15.9 Å². The van der Waals surface area contributed by atoms with Gasteiger partial charge in [-0.05, 0) is 55.5 Å². The molecular formula is C25H16BrF4NO3. The van der Waals surface area contributed by atoms with Crippen LogP contribution in [0.3, 0.4) is 0 Å². The topological polar surface area (TPSA) is 51.5 Å². The fraction of sp³-hybridized carbons (Fsp3) is 0.0800. The molecule has 0 unspecified atom stereocenters. The second-order valence-corrected chi connectivity index (χ2v) is 8.36. The summed E-state index contributed by atoms with van der Waals surface area (Å²) in [5, 5.41) is 9.33. The predicted octanol–water partition coefficient (Wildman–Crippen LogP) is 7.05. The molecule has 0 spiro atoms. The molecule has 0 fully saturated rings. The van der Waals surface area contributed by atoms with Crippen LogP contribution in [-0.2, 0) is 6.61 Å². The van der Waals surface area contributed by atoms with Gasteiger partial charge in [0.25, 0.3) is 0 Å². The number of carbonyl (C=O) groups is 1. The van der Waals surface area contributed by atoms with Gasteiger partial charge in [0, 0.05) is 27.9 Å². The zero-order valence-electron chi connectivity index (χ0n) is 17.6. The smallest absolute Gasteiger partial charge is 0.335 e. The number of hydrogen-bond acceptors (Lipinski definition) is 2. The molecule has 3 aromatic carbocycles. The maximum Gasteiger partial charge on any atom is 0.335 e. The molecule has 0 aliphatic rings. The van der Waals surface area contributed by atoms with Crippen LogP contribution in [0.15, 0.2) is 65.1 Å². The lowest BCUT2D eigenvalue weighted by molar-refractivity contribution is 0.0696. The Morgan fingerprint density at radius 2 is 1.65 bits per heavy atom. The molecule has 0 radical (unpaired) electrons. The molecule has 0 aliphatic carbocycles. The first-order chi connectivity index (χ1) is 16.2. The third-order valence-electron chi connectivity index (χ3n) is 5.21. The molecule has 9 heteroatoms. The van der Waals surface area contributed by atoms with Gasteiger partial charge in [0.1, 0.15) is 35.6 Å². The largest absolute Gasteiger partial charge is 0.488 e. The number of aromatic carboxylic acids is 1. The molecular weight excluding hydrogens is 518 g/mol. The molecule has 0 saturated carbocycles. The molecule has 1 heterocycles. The number of ether oxygens (including phenoxy) is 1. The van der Waals surface area contributed by atoms with Gasteiger partial charge in [-0.1, -0.05) is 15.9 Å². The second-order valence-electron chi connectivity index (χ2n) is 7.44. The van der Waals surface area contributed by atoms with Crippen LogP contribution in [0.1, 0.15) is 21.6 Å². The number of halogens is 5. The van der Waals surface area contributed by atoms with Crippen LogP contribution in [0.5, 0.6) is 5.75 Å². The summed E-state index contributed by atoms with van der Waals surface area (Å²) in [6.45, 7) is 1.20. The number of nitrogens with zero attached hydrogens (tertiary/aromatic N) is 1. The summed E-state index contributed by atoms with van der Waals surface area (Å²) < 4.78 is 64.0. The second kappa shape index (κ2) is 9.34. The van der Waals surface area contributed by atoms with E-state index in [1.54, 1.807) is 37.3 Å². The number of rotatable bonds is 6. The summed E-state index contributed by atoms with van der Waals surface area (Å²) in [5.41, 5.74) is 0.989. The minimum Gasteiger partial charge on any atom is -0.488 e. The van der Waals surface area contributed by atoms with E-state index in [0.717, 1.165) is 6.07 Å². The van der Waals surface area contributed by atoms with Crippen molar-refractivity contribution in [2.24, 2.45) is 0 Å². The monoisotopic (exact) mass is 533 g/mol. The summed E-state index contributed by atoms with van der Waals surface area (Å²) in [4.78, 5) is 11.4. The Labute approximate surface area is 200 Å². The number of carboxylic acid groups (broad SMARTS) is 1. The Hall–Kier alpha value is -3.59. The van der Waals surface area contributed by atoms with Crippen LogP contribution >= 0.6 is 15.9 Å². The van der Waals surface area contributed by atoms with Crippen molar-refractivity contribution < 1.29 is 32.2 Å². The Morgan fingerprint density at radius 3 is 2.32 bits per heavy atom. The molecule has 4 rings (SSSR count). The van der Waals surface area contributed by atoms with Gasteiger partial charge in [0.15, 0.2) is 0 Å². The van der Waals surface area contributed by atoms with Crippen molar-refractivity contribution in [2.45, 2.75) is 13.5 Å².